The predicted octanol–water partition coefficient (Wildman–Crippen LogP) is 3.55. The molecule has 0 saturated heterocycles. The Kier molecular flexibility index (Phi) is 3.53. The Morgan fingerprint density at radius 1 is 1.32 bits per heavy atom. The molecule has 104 valence electrons. The van der Waals surface area contributed by atoms with E-state index in [1.807, 2.05) is 0 Å². The number of hydrogen-bond donors (Lipinski definition) is 1. The van der Waals surface area contributed by atoms with E-state index in [0.717, 1.165) is 18.6 Å². The summed E-state index contributed by atoms with van der Waals surface area (Å²) < 4.78 is 6.32. The molecule has 1 N–H and O–H groups in total. The van der Waals surface area contributed by atoms with Crippen LogP contribution in [0.3, 0.4) is 0 Å². The number of benzene rings is 1. The Bertz CT molecular complexity index is 437. The predicted molar refractivity (Wildman–Crippen MR) is 78.6 cm³/mol. The van der Waals surface area contributed by atoms with Gasteiger partial charge in [-0.05, 0) is 44.0 Å². The van der Waals surface area contributed by atoms with Crippen molar-refractivity contribution in [1.29, 1.82) is 0 Å². The fraction of sp³-hybridized carbons (Fsp3) is 0.647. The topological polar surface area (TPSA) is 21.3 Å². The summed E-state index contributed by atoms with van der Waals surface area (Å²) in [5.74, 6) is 1.06. The van der Waals surface area contributed by atoms with Gasteiger partial charge in [-0.3, -0.25) is 0 Å². The van der Waals surface area contributed by atoms with Crippen molar-refractivity contribution in [2.75, 3.05) is 7.05 Å². The molecule has 2 atom stereocenters. The van der Waals surface area contributed by atoms with Gasteiger partial charge in [-0.2, -0.15) is 0 Å². The van der Waals surface area contributed by atoms with Crippen LogP contribution in [-0.2, 0) is 6.42 Å². The number of aryl methyl sites for hydroxylation is 1. The zero-order chi connectivity index (χ0) is 13.3. The molecular formula is C17H25NO. The summed E-state index contributed by atoms with van der Waals surface area (Å²) in [5.41, 5.74) is 1.78. The molecule has 1 aromatic carbocycles. The minimum Gasteiger partial charge on any atom is -0.490 e. The molecule has 0 amide bonds. The Balaban J connectivity index is 1.73. The molecule has 0 aliphatic heterocycles. The maximum absolute atomic E-state index is 6.32. The van der Waals surface area contributed by atoms with Gasteiger partial charge in [-0.15, -0.1) is 0 Å². The highest BCUT2D eigenvalue weighted by atomic mass is 16.5. The van der Waals surface area contributed by atoms with Gasteiger partial charge in [-0.1, -0.05) is 31.9 Å². The second kappa shape index (κ2) is 5.16. The Labute approximate surface area is 116 Å². The second-order valence-electron chi connectivity index (χ2n) is 6.12. The first kappa shape index (κ1) is 13.0. The van der Waals surface area contributed by atoms with Crippen molar-refractivity contribution in [1.82, 2.24) is 5.32 Å². The van der Waals surface area contributed by atoms with Crippen LogP contribution in [0.25, 0.3) is 0 Å². The molecule has 2 fully saturated rings. The molecule has 19 heavy (non-hydrogen) atoms. The zero-order valence-corrected chi connectivity index (χ0v) is 12.1. The monoisotopic (exact) mass is 259 g/mol. The van der Waals surface area contributed by atoms with Crippen LogP contribution in [0.2, 0.25) is 0 Å². The molecule has 0 heterocycles. The minimum absolute atomic E-state index is 0.414. The molecule has 1 spiro atoms. The highest BCUT2D eigenvalue weighted by Crippen LogP contribution is 2.54. The van der Waals surface area contributed by atoms with Crippen molar-refractivity contribution >= 4 is 0 Å². The van der Waals surface area contributed by atoms with Gasteiger partial charge >= 0.3 is 0 Å². The van der Waals surface area contributed by atoms with Crippen LogP contribution in [0.1, 0.15) is 44.6 Å². The molecule has 2 unspecified atom stereocenters. The minimum atomic E-state index is 0.414. The van der Waals surface area contributed by atoms with E-state index >= 15 is 0 Å². The number of hydrogen-bond acceptors (Lipinski definition) is 2. The summed E-state index contributed by atoms with van der Waals surface area (Å²) in [6.45, 7) is 2.19. The van der Waals surface area contributed by atoms with Gasteiger partial charge in [-0.25, -0.2) is 0 Å². The maximum Gasteiger partial charge on any atom is 0.120 e. The SMILES string of the molecule is CCc1cccc(OC2CC(NC)C23CCCC3)c1. The molecule has 2 aliphatic rings. The van der Waals surface area contributed by atoms with E-state index in [-0.39, 0.29) is 0 Å². The fourth-order valence-corrected chi connectivity index (χ4v) is 4.02. The zero-order valence-electron chi connectivity index (χ0n) is 12.1. The number of rotatable bonds is 4. The summed E-state index contributed by atoms with van der Waals surface area (Å²) in [4.78, 5) is 0. The van der Waals surface area contributed by atoms with Crippen molar-refractivity contribution < 1.29 is 4.74 Å². The Morgan fingerprint density at radius 3 is 2.79 bits per heavy atom. The second-order valence-corrected chi connectivity index (χ2v) is 6.12. The van der Waals surface area contributed by atoms with Gasteiger partial charge in [0.1, 0.15) is 11.9 Å². The highest BCUT2D eigenvalue weighted by molar-refractivity contribution is 5.29. The van der Waals surface area contributed by atoms with Crippen molar-refractivity contribution in [3.05, 3.63) is 29.8 Å². The third-order valence-corrected chi connectivity index (χ3v) is 5.25. The lowest BCUT2D eigenvalue weighted by Crippen LogP contribution is -2.63. The summed E-state index contributed by atoms with van der Waals surface area (Å²) >= 11 is 0. The molecule has 0 radical (unpaired) electrons. The molecule has 2 aliphatic carbocycles. The third kappa shape index (κ3) is 2.16. The normalized spacial score (nSPS) is 28.3. The van der Waals surface area contributed by atoms with Crippen molar-refractivity contribution in [2.45, 2.75) is 57.6 Å². The van der Waals surface area contributed by atoms with E-state index in [2.05, 4.69) is 43.6 Å². The van der Waals surface area contributed by atoms with E-state index in [1.165, 1.54) is 31.2 Å². The van der Waals surface area contributed by atoms with Crippen LogP contribution in [0.4, 0.5) is 0 Å². The smallest absolute Gasteiger partial charge is 0.120 e. The van der Waals surface area contributed by atoms with E-state index in [0.29, 0.717) is 17.6 Å². The molecule has 3 rings (SSSR count). The highest BCUT2D eigenvalue weighted by Gasteiger charge is 2.56. The Hall–Kier alpha value is -1.02. The lowest BCUT2D eigenvalue weighted by atomic mass is 9.60. The van der Waals surface area contributed by atoms with Gasteiger partial charge in [0.25, 0.3) is 0 Å². The van der Waals surface area contributed by atoms with Crippen molar-refractivity contribution in [3.63, 3.8) is 0 Å². The quantitative estimate of drug-likeness (QED) is 0.893. The van der Waals surface area contributed by atoms with E-state index in [4.69, 9.17) is 4.74 Å². The van der Waals surface area contributed by atoms with Gasteiger partial charge in [0.2, 0.25) is 0 Å². The summed E-state index contributed by atoms with van der Waals surface area (Å²) in [7, 11) is 2.10. The van der Waals surface area contributed by atoms with E-state index < -0.39 is 0 Å². The summed E-state index contributed by atoms with van der Waals surface area (Å²) in [5, 5.41) is 3.49. The standard InChI is InChI=1S/C17H25NO/c1-3-13-7-6-8-14(11-13)19-16-12-15(18-2)17(16)9-4-5-10-17/h6-8,11,15-16,18H,3-5,9-10,12H2,1-2H3. The largest absolute Gasteiger partial charge is 0.490 e. The molecule has 2 heteroatoms. The summed E-state index contributed by atoms with van der Waals surface area (Å²) in [6, 6.07) is 9.26. The molecule has 2 nitrogen and oxygen atoms in total. The van der Waals surface area contributed by atoms with Gasteiger partial charge in [0, 0.05) is 17.9 Å². The third-order valence-electron chi connectivity index (χ3n) is 5.25. The van der Waals surface area contributed by atoms with E-state index in [9.17, 15) is 0 Å². The van der Waals surface area contributed by atoms with E-state index in [1.54, 1.807) is 0 Å². The lowest BCUT2D eigenvalue weighted by Gasteiger charge is -2.53. The average molecular weight is 259 g/mol. The van der Waals surface area contributed by atoms with Crippen molar-refractivity contribution in [3.8, 4) is 5.75 Å². The molecule has 0 bridgehead atoms. The van der Waals surface area contributed by atoms with Crippen LogP contribution in [0, 0.1) is 5.41 Å². The van der Waals surface area contributed by atoms with Crippen LogP contribution in [0.15, 0.2) is 24.3 Å². The first-order valence-electron chi connectivity index (χ1n) is 7.71. The van der Waals surface area contributed by atoms with Crippen molar-refractivity contribution in [2.24, 2.45) is 5.41 Å². The lowest BCUT2D eigenvalue weighted by molar-refractivity contribution is -0.0736. The first-order chi connectivity index (χ1) is 9.28. The Morgan fingerprint density at radius 2 is 2.11 bits per heavy atom. The van der Waals surface area contributed by atoms with Crippen LogP contribution < -0.4 is 10.1 Å². The van der Waals surface area contributed by atoms with Gasteiger partial charge in [0.15, 0.2) is 0 Å². The summed E-state index contributed by atoms with van der Waals surface area (Å²) in [6.07, 6.45) is 8.05. The number of ether oxygens (including phenoxy) is 1. The maximum atomic E-state index is 6.32. The molecular weight excluding hydrogens is 234 g/mol. The number of nitrogens with one attached hydrogen (secondary N) is 1. The van der Waals surface area contributed by atoms with Gasteiger partial charge in [0.05, 0.1) is 0 Å². The molecule has 1 aromatic rings. The van der Waals surface area contributed by atoms with Crippen LogP contribution >= 0.6 is 0 Å². The first-order valence-corrected chi connectivity index (χ1v) is 7.71. The fourth-order valence-electron chi connectivity index (χ4n) is 4.02. The van der Waals surface area contributed by atoms with Crippen LogP contribution in [0.5, 0.6) is 5.75 Å². The molecule has 2 saturated carbocycles. The van der Waals surface area contributed by atoms with Crippen LogP contribution in [-0.4, -0.2) is 19.2 Å². The molecule has 0 aromatic heterocycles. The average Bonchev–Trinajstić information content (AvgIpc) is 2.95. The van der Waals surface area contributed by atoms with Gasteiger partial charge < -0.3 is 10.1 Å².